The lowest BCUT2D eigenvalue weighted by Gasteiger charge is -2.36. The third-order valence-electron chi connectivity index (χ3n) is 19.1. The van der Waals surface area contributed by atoms with Crippen molar-refractivity contribution in [2.24, 2.45) is 21.7 Å². The van der Waals surface area contributed by atoms with Gasteiger partial charge in [-0.1, -0.05) is 270 Å². The summed E-state index contributed by atoms with van der Waals surface area (Å²) in [4.78, 5) is 0. The van der Waals surface area contributed by atoms with Gasteiger partial charge in [-0.2, -0.15) is 0 Å². The van der Waals surface area contributed by atoms with Gasteiger partial charge in [0.25, 0.3) is 0 Å². The summed E-state index contributed by atoms with van der Waals surface area (Å²) in [5.41, 5.74) is 11.9. The Hall–Kier alpha value is -5.75. The summed E-state index contributed by atoms with van der Waals surface area (Å²) in [6.07, 6.45) is -1.72. The number of alkyl halides is 2. The van der Waals surface area contributed by atoms with E-state index in [1.54, 1.807) is 62.8 Å². The number of ether oxygens (including phenoxy) is 2. The van der Waals surface area contributed by atoms with Crippen molar-refractivity contribution in [2.45, 2.75) is 210 Å². The van der Waals surface area contributed by atoms with E-state index in [4.69, 9.17) is 41.5 Å². The quantitative estimate of drug-likeness (QED) is 0.0506. The van der Waals surface area contributed by atoms with Gasteiger partial charge in [0.15, 0.2) is 16.6 Å². The van der Waals surface area contributed by atoms with Gasteiger partial charge >= 0.3 is 0 Å². The molecular weight excluding hydrogens is 1330 g/mol. The van der Waals surface area contributed by atoms with E-state index in [0.29, 0.717) is 47.2 Å². The number of benzene rings is 8. The minimum Gasteiger partial charge on any atom is -0.413 e. The predicted octanol–water partition coefficient (Wildman–Crippen LogP) is 26.1. The van der Waals surface area contributed by atoms with Crippen molar-refractivity contribution in [3.63, 3.8) is 0 Å². The molecule has 6 nitrogen and oxygen atoms in total. The van der Waals surface area contributed by atoms with Crippen molar-refractivity contribution >= 4 is 39.8 Å². The van der Waals surface area contributed by atoms with E-state index in [1.807, 2.05) is 139 Å². The highest BCUT2D eigenvalue weighted by molar-refractivity contribution is 6.74. The Morgan fingerprint density at radius 2 is 0.560 bits per heavy atom. The van der Waals surface area contributed by atoms with Crippen LogP contribution in [0.3, 0.4) is 0 Å². The van der Waals surface area contributed by atoms with Crippen LogP contribution in [0.15, 0.2) is 170 Å². The van der Waals surface area contributed by atoms with Gasteiger partial charge in [0.05, 0.1) is 37.6 Å². The molecule has 8 rings (SSSR count). The van der Waals surface area contributed by atoms with Gasteiger partial charge in [0, 0.05) is 48.2 Å². The van der Waals surface area contributed by atoms with Crippen LogP contribution in [-0.4, -0.2) is 41.1 Å². The Balaban J connectivity index is 0.000000242. The topological polar surface area (TPSA) is 77.4 Å². The monoisotopic (exact) mass is 1440 g/mol. The van der Waals surface area contributed by atoms with Crippen LogP contribution in [0.25, 0.3) is 44.5 Å². The molecule has 8 aromatic rings. The van der Waals surface area contributed by atoms with E-state index in [9.17, 15) is 27.8 Å². The molecule has 100 heavy (non-hydrogen) atoms. The number of aliphatic hydroxyl groups is 2. The lowest BCUT2D eigenvalue weighted by molar-refractivity contribution is 0.0155. The van der Waals surface area contributed by atoms with Gasteiger partial charge in [-0.05, 0) is 149 Å². The molecule has 4 atom stereocenters. The van der Waals surface area contributed by atoms with Crippen LogP contribution in [0, 0.1) is 44.9 Å². The summed E-state index contributed by atoms with van der Waals surface area (Å²) in [6.45, 7) is 47.8. The van der Waals surface area contributed by atoms with Crippen molar-refractivity contribution < 1.29 is 46.1 Å². The zero-order valence-electron chi connectivity index (χ0n) is 64.1. The lowest BCUT2D eigenvalue weighted by Crippen LogP contribution is -2.40. The molecule has 0 heterocycles. The molecule has 0 bridgehead atoms. The van der Waals surface area contributed by atoms with E-state index in [-0.39, 0.29) is 67.2 Å². The number of rotatable bonds is 18. The fourth-order valence-electron chi connectivity index (χ4n) is 11.2. The highest BCUT2D eigenvalue weighted by atomic mass is 35.5. The second-order valence-corrected chi connectivity index (χ2v) is 43.6. The molecule has 0 radical (unpaired) electrons. The predicted molar refractivity (Wildman–Crippen MR) is 418 cm³/mol. The van der Waals surface area contributed by atoms with Gasteiger partial charge in [0.1, 0.15) is 23.3 Å². The SMILES string of the molecule is CC(C)(C)[C@@H](O)c1cc(CO[Si](C)(C)C(C)(C)C)ccc1-c1ccccc1F.CC(C)(C)[C@H](O)c1cc(CO[Si](C)(C)C(C)(C)C)ccc1-c1ccccc1F.CO[C@@H](c1cc(CCl)ccc1-c1ccccc1F)C(C)(C)C.CO[C@H](c1cc(CCl)ccc1-c1ccccc1F)C(C)(C)C. The second-order valence-electron chi connectivity index (χ2n) is 33.5. The maximum atomic E-state index is 14.5. The number of hydrogen-bond donors (Lipinski definition) is 2. The van der Waals surface area contributed by atoms with Gasteiger partial charge in [-0.15, -0.1) is 23.2 Å². The minimum absolute atomic E-state index is 0.111. The Kier molecular flexibility index (Phi) is 29.8. The summed E-state index contributed by atoms with van der Waals surface area (Å²) >= 11 is 12.0. The maximum absolute atomic E-state index is 14.5. The number of halogens is 6. The molecule has 8 aromatic carbocycles. The van der Waals surface area contributed by atoms with Crippen molar-refractivity contribution in [3.05, 3.63) is 238 Å². The third kappa shape index (κ3) is 22.6. The molecule has 0 saturated carbocycles. The molecule has 0 aliphatic heterocycles. The van der Waals surface area contributed by atoms with Crippen molar-refractivity contribution in [1.82, 2.24) is 0 Å². The first-order valence-corrected chi connectivity index (χ1v) is 41.5. The Morgan fingerprint density at radius 3 is 0.770 bits per heavy atom. The first-order valence-electron chi connectivity index (χ1n) is 34.6. The van der Waals surface area contributed by atoms with Crippen LogP contribution in [0.4, 0.5) is 17.6 Å². The van der Waals surface area contributed by atoms with Gasteiger partial charge in [-0.25, -0.2) is 17.6 Å². The van der Waals surface area contributed by atoms with E-state index < -0.39 is 28.8 Å². The zero-order valence-corrected chi connectivity index (χ0v) is 67.6. The van der Waals surface area contributed by atoms with Gasteiger partial charge < -0.3 is 28.5 Å². The normalized spacial score (nSPS) is 13.8. The molecule has 0 aliphatic rings. The summed E-state index contributed by atoms with van der Waals surface area (Å²) < 4.78 is 81.5. The summed E-state index contributed by atoms with van der Waals surface area (Å²) in [7, 11) is -0.378. The van der Waals surface area contributed by atoms with E-state index in [1.165, 1.54) is 24.3 Å². The highest BCUT2D eigenvalue weighted by Gasteiger charge is 2.39. The average molecular weight is 1450 g/mol. The molecule has 0 fully saturated rings. The summed E-state index contributed by atoms with van der Waals surface area (Å²) in [5, 5.41) is 22.3. The first kappa shape index (κ1) is 84.9. The molecule has 2 N–H and O–H groups in total. The number of aliphatic hydroxyl groups excluding tert-OH is 2. The van der Waals surface area contributed by atoms with Crippen molar-refractivity contribution in [2.75, 3.05) is 14.2 Å². The molecule has 14 heteroatoms. The smallest absolute Gasteiger partial charge is 0.192 e. The molecule has 544 valence electrons. The average Bonchev–Trinajstić information content (AvgIpc) is 0.804. The zero-order chi connectivity index (χ0) is 75.3. The Labute approximate surface area is 610 Å². The summed E-state index contributed by atoms with van der Waals surface area (Å²) in [5.74, 6) is -0.182. The van der Waals surface area contributed by atoms with Gasteiger partial charge in [-0.3, -0.25) is 0 Å². The Bertz CT molecular complexity index is 3690. The fraction of sp³-hybridized carbons (Fsp3) is 0.442. The van der Waals surface area contributed by atoms with Crippen molar-refractivity contribution in [3.8, 4) is 44.5 Å². The van der Waals surface area contributed by atoms with Crippen LogP contribution < -0.4 is 0 Å². The largest absolute Gasteiger partial charge is 0.413 e. The van der Waals surface area contributed by atoms with Crippen LogP contribution >= 0.6 is 23.2 Å². The van der Waals surface area contributed by atoms with Crippen LogP contribution in [0.1, 0.15) is 194 Å². The van der Waals surface area contributed by atoms with Gasteiger partial charge in [0.2, 0.25) is 0 Å². The Morgan fingerprint density at radius 1 is 0.330 bits per heavy atom. The van der Waals surface area contributed by atoms with E-state index in [0.717, 1.165) is 66.8 Å². The standard InChI is InChI=1S/2C24H35FO2Si.2C19H22ClFO/c2*1-23(2,3)22(26)20-15-17(16-27-28(7,8)24(4,5)6)13-14-18(20)19-11-9-10-12-21(19)25;2*1-19(2,3)18(22-4)16-11-13(12-20)9-10-14(16)15-7-5-6-8-17(15)21/h2*9-15,22,26H,16H2,1-8H3;2*5-11,18H,12H2,1-4H3/t2*22-;2*18-/m1010/s1. The molecule has 0 amide bonds. The van der Waals surface area contributed by atoms with Crippen LogP contribution in [0.2, 0.25) is 36.3 Å². The first-order chi connectivity index (χ1) is 46.2. The molecule has 0 aliphatic carbocycles. The van der Waals surface area contributed by atoms with E-state index >= 15 is 0 Å². The van der Waals surface area contributed by atoms with Crippen molar-refractivity contribution in [1.29, 1.82) is 0 Å². The summed E-state index contributed by atoms with van der Waals surface area (Å²) in [6, 6.07) is 50.6. The third-order valence-corrected chi connectivity index (χ3v) is 28.7. The molecule has 0 aromatic heterocycles. The second kappa shape index (κ2) is 35.2. The van der Waals surface area contributed by atoms with E-state index in [2.05, 4.69) is 109 Å². The maximum Gasteiger partial charge on any atom is 0.192 e. The lowest BCUT2D eigenvalue weighted by atomic mass is 9.81. The van der Waals surface area contributed by atoms with Crippen LogP contribution in [0.5, 0.6) is 0 Å². The molecule has 0 spiro atoms. The molecular formula is C86H114Cl2F4O6Si2. The fourth-order valence-corrected chi connectivity index (χ4v) is 13.4. The van der Waals surface area contributed by atoms with Crippen LogP contribution in [-0.2, 0) is 43.3 Å². The number of methoxy groups -OCH3 is 2. The molecule has 0 unspecified atom stereocenters. The molecule has 0 saturated heterocycles. The minimum atomic E-state index is -1.88. The number of hydrogen-bond acceptors (Lipinski definition) is 6. The highest BCUT2D eigenvalue weighted by Crippen LogP contribution is 2.46.